The number of benzene rings is 2. The highest BCUT2D eigenvalue weighted by Gasteiger charge is 2.16. The predicted octanol–water partition coefficient (Wildman–Crippen LogP) is 3.37. The Morgan fingerprint density at radius 1 is 1.06 bits per heavy atom. The van der Waals surface area contributed by atoms with Gasteiger partial charge in [-0.25, -0.2) is 13.1 Å². The molecule has 0 fully saturated rings. The van der Waals surface area contributed by atoms with Crippen LogP contribution in [0.4, 0.5) is 5.69 Å². The Morgan fingerprint density at radius 2 is 1.87 bits per heavy atom. The molecular formula is C21H18N4O5S. The highest BCUT2D eigenvalue weighted by atomic mass is 32.2. The summed E-state index contributed by atoms with van der Waals surface area (Å²) in [5.41, 5.74) is 1.43. The van der Waals surface area contributed by atoms with Crippen molar-refractivity contribution in [2.45, 2.75) is 18.4 Å². The zero-order chi connectivity index (χ0) is 21.8. The molecule has 2 heterocycles. The van der Waals surface area contributed by atoms with E-state index >= 15 is 0 Å². The van der Waals surface area contributed by atoms with E-state index in [1.807, 2.05) is 0 Å². The van der Waals surface area contributed by atoms with Crippen molar-refractivity contribution in [2.75, 3.05) is 5.32 Å². The Bertz CT molecular complexity index is 1300. The minimum atomic E-state index is -3.78. The van der Waals surface area contributed by atoms with Crippen LogP contribution in [0.2, 0.25) is 0 Å². The Morgan fingerprint density at radius 3 is 2.55 bits per heavy atom. The molecule has 2 aromatic carbocycles. The molecule has 158 valence electrons. The number of nitrogens with zero attached hydrogens (tertiary/aromatic N) is 2. The fourth-order valence-electron chi connectivity index (χ4n) is 2.79. The number of amides is 1. The number of furan rings is 1. The number of aromatic nitrogens is 2. The molecule has 10 heteroatoms. The molecule has 2 N–H and O–H groups in total. The van der Waals surface area contributed by atoms with Gasteiger partial charge in [0.15, 0.2) is 5.82 Å². The van der Waals surface area contributed by atoms with Crippen molar-refractivity contribution >= 4 is 21.6 Å². The van der Waals surface area contributed by atoms with Gasteiger partial charge in [0.1, 0.15) is 5.76 Å². The highest BCUT2D eigenvalue weighted by molar-refractivity contribution is 7.89. The molecule has 0 radical (unpaired) electrons. The van der Waals surface area contributed by atoms with Gasteiger partial charge in [0.05, 0.1) is 17.7 Å². The lowest BCUT2D eigenvalue weighted by molar-refractivity contribution is 0.102. The second-order valence-electron chi connectivity index (χ2n) is 6.61. The molecule has 31 heavy (non-hydrogen) atoms. The number of anilines is 1. The summed E-state index contributed by atoms with van der Waals surface area (Å²) in [5.74, 6) is 0.994. The molecule has 0 aliphatic carbocycles. The Labute approximate surface area is 178 Å². The lowest BCUT2D eigenvalue weighted by Gasteiger charge is -2.09. The van der Waals surface area contributed by atoms with E-state index in [4.69, 9.17) is 8.94 Å². The maximum atomic E-state index is 12.6. The van der Waals surface area contributed by atoms with E-state index in [0.717, 1.165) is 0 Å². The van der Waals surface area contributed by atoms with Crippen molar-refractivity contribution in [1.29, 1.82) is 0 Å². The number of hydrogen-bond donors (Lipinski definition) is 2. The zero-order valence-electron chi connectivity index (χ0n) is 16.4. The van der Waals surface area contributed by atoms with Gasteiger partial charge in [0.25, 0.3) is 11.8 Å². The number of nitrogens with one attached hydrogen (secondary N) is 2. The second kappa shape index (κ2) is 8.54. The Balaban J connectivity index is 1.45. The molecule has 0 bridgehead atoms. The molecular weight excluding hydrogens is 420 g/mol. The van der Waals surface area contributed by atoms with Crippen LogP contribution >= 0.6 is 0 Å². The third-order valence-electron chi connectivity index (χ3n) is 4.34. The number of carbonyl (C=O) groups excluding carboxylic acids is 1. The standard InChI is InChI=1S/C21H18N4O5S/c1-14-23-21(30-25-14)16-9-7-15(8-10-16)20(26)24-17-4-2-6-19(12-17)31(27,28)22-13-18-5-3-11-29-18/h2-12,22H,13H2,1H3,(H,24,26). The molecule has 0 aliphatic heterocycles. The van der Waals surface area contributed by atoms with Crippen LogP contribution < -0.4 is 10.0 Å². The highest BCUT2D eigenvalue weighted by Crippen LogP contribution is 2.20. The number of aryl methyl sites for hydroxylation is 1. The van der Waals surface area contributed by atoms with Crippen LogP contribution in [0.25, 0.3) is 11.5 Å². The van der Waals surface area contributed by atoms with Crippen molar-refractivity contribution in [3.8, 4) is 11.5 Å². The summed E-state index contributed by atoms with van der Waals surface area (Å²) in [6, 6.07) is 16.0. The van der Waals surface area contributed by atoms with Gasteiger partial charge in [-0.1, -0.05) is 11.2 Å². The molecule has 0 atom stereocenters. The van der Waals surface area contributed by atoms with Crippen LogP contribution in [0.3, 0.4) is 0 Å². The maximum absolute atomic E-state index is 12.6. The van der Waals surface area contributed by atoms with Crippen LogP contribution in [0.1, 0.15) is 21.9 Å². The summed E-state index contributed by atoms with van der Waals surface area (Å²) in [6.45, 7) is 1.74. The molecule has 4 aromatic rings. The average molecular weight is 438 g/mol. The van der Waals surface area contributed by atoms with E-state index in [-0.39, 0.29) is 17.3 Å². The maximum Gasteiger partial charge on any atom is 0.257 e. The minimum absolute atomic E-state index is 0.0256. The van der Waals surface area contributed by atoms with Gasteiger partial charge in [-0.05, 0) is 61.5 Å². The van der Waals surface area contributed by atoms with E-state index in [2.05, 4.69) is 20.2 Å². The van der Waals surface area contributed by atoms with Crippen LogP contribution in [0.15, 0.2) is 80.8 Å². The fourth-order valence-corrected chi connectivity index (χ4v) is 3.82. The lowest BCUT2D eigenvalue weighted by atomic mass is 10.1. The van der Waals surface area contributed by atoms with Crippen LogP contribution in [0.5, 0.6) is 0 Å². The lowest BCUT2D eigenvalue weighted by Crippen LogP contribution is -2.23. The summed E-state index contributed by atoms with van der Waals surface area (Å²) in [4.78, 5) is 16.7. The summed E-state index contributed by atoms with van der Waals surface area (Å²) < 4.78 is 37.7. The molecule has 4 rings (SSSR count). The third kappa shape index (κ3) is 4.87. The quantitative estimate of drug-likeness (QED) is 0.453. The van der Waals surface area contributed by atoms with Gasteiger partial charge in [0, 0.05) is 16.8 Å². The molecule has 0 unspecified atom stereocenters. The van der Waals surface area contributed by atoms with Crippen molar-refractivity contribution in [3.05, 3.63) is 84.1 Å². The smallest absolute Gasteiger partial charge is 0.257 e. The normalized spacial score (nSPS) is 11.4. The van der Waals surface area contributed by atoms with E-state index in [1.54, 1.807) is 55.5 Å². The topological polar surface area (TPSA) is 127 Å². The van der Waals surface area contributed by atoms with E-state index < -0.39 is 10.0 Å². The first-order chi connectivity index (χ1) is 14.9. The van der Waals surface area contributed by atoms with Gasteiger partial charge in [-0.3, -0.25) is 4.79 Å². The predicted molar refractivity (Wildman–Crippen MR) is 112 cm³/mol. The van der Waals surface area contributed by atoms with E-state index in [0.29, 0.717) is 34.3 Å². The molecule has 1 amide bonds. The zero-order valence-corrected chi connectivity index (χ0v) is 17.2. The summed E-state index contributed by atoms with van der Waals surface area (Å²) >= 11 is 0. The van der Waals surface area contributed by atoms with Crippen LogP contribution in [-0.4, -0.2) is 24.5 Å². The Kier molecular flexibility index (Phi) is 5.65. The minimum Gasteiger partial charge on any atom is -0.468 e. The number of carbonyl (C=O) groups is 1. The van der Waals surface area contributed by atoms with Crippen molar-refractivity contribution in [3.63, 3.8) is 0 Å². The van der Waals surface area contributed by atoms with Gasteiger partial charge in [-0.15, -0.1) is 0 Å². The second-order valence-corrected chi connectivity index (χ2v) is 8.38. The van der Waals surface area contributed by atoms with Crippen molar-refractivity contribution < 1.29 is 22.2 Å². The first kappa shape index (κ1) is 20.5. The fraction of sp³-hybridized carbons (Fsp3) is 0.0952. The summed E-state index contributed by atoms with van der Waals surface area (Å²) in [5, 5.41) is 6.44. The summed E-state index contributed by atoms with van der Waals surface area (Å²) in [7, 11) is -3.78. The summed E-state index contributed by atoms with van der Waals surface area (Å²) in [6.07, 6.45) is 1.47. The Hall–Kier alpha value is -3.76. The molecule has 0 spiro atoms. The monoisotopic (exact) mass is 438 g/mol. The largest absolute Gasteiger partial charge is 0.468 e. The molecule has 9 nitrogen and oxygen atoms in total. The first-order valence-corrected chi connectivity index (χ1v) is 10.7. The van der Waals surface area contributed by atoms with Crippen LogP contribution in [-0.2, 0) is 16.6 Å². The van der Waals surface area contributed by atoms with Gasteiger partial charge in [-0.2, -0.15) is 4.98 Å². The van der Waals surface area contributed by atoms with E-state index in [9.17, 15) is 13.2 Å². The third-order valence-corrected chi connectivity index (χ3v) is 5.74. The molecule has 0 saturated heterocycles. The first-order valence-electron chi connectivity index (χ1n) is 9.25. The van der Waals surface area contributed by atoms with E-state index in [1.165, 1.54) is 18.4 Å². The van der Waals surface area contributed by atoms with Gasteiger partial charge < -0.3 is 14.3 Å². The van der Waals surface area contributed by atoms with Gasteiger partial charge in [0.2, 0.25) is 10.0 Å². The van der Waals surface area contributed by atoms with Crippen molar-refractivity contribution in [2.24, 2.45) is 0 Å². The molecule has 2 aromatic heterocycles. The number of hydrogen-bond acceptors (Lipinski definition) is 7. The SMILES string of the molecule is Cc1noc(-c2ccc(C(=O)Nc3cccc(S(=O)(=O)NCc4ccco4)c3)cc2)n1. The number of sulfonamides is 1. The van der Waals surface area contributed by atoms with Crippen molar-refractivity contribution in [1.82, 2.24) is 14.9 Å². The molecule has 0 saturated carbocycles. The van der Waals surface area contributed by atoms with Gasteiger partial charge >= 0.3 is 0 Å². The average Bonchev–Trinajstić information content (AvgIpc) is 3.44. The van der Waals surface area contributed by atoms with Crippen LogP contribution in [0, 0.1) is 6.92 Å². The number of rotatable bonds is 7. The molecule has 0 aliphatic rings.